The Kier molecular flexibility index (Phi) is 2.35. The summed E-state index contributed by atoms with van der Waals surface area (Å²) < 4.78 is 5.41. The molecular formula is C13H14O2. The number of fused-ring (bicyclic) bond motifs is 1. The quantitative estimate of drug-likeness (QED) is 0.694. The fraction of sp³-hybridized carbons (Fsp3) is 0.308. The van der Waals surface area contributed by atoms with E-state index in [-0.39, 0.29) is 5.78 Å². The van der Waals surface area contributed by atoms with Gasteiger partial charge in [-0.25, -0.2) is 0 Å². The van der Waals surface area contributed by atoms with Gasteiger partial charge in [0.25, 0.3) is 0 Å². The molecule has 2 rings (SSSR count). The first kappa shape index (κ1) is 9.97. The lowest BCUT2D eigenvalue weighted by Gasteiger charge is -2.03. The van der Waals surface area contributed by atoms with Crippen LogP contribution in [0.25, 0.3) is 11.0 Å². The number of carbonyl (C=O) groups is 1. The van der Waals surface area contributed by atoms with Crippen molar-refractivity contribution in [1.29, 1.82) is 0 Å². The van der Waals surface area contributed by atoms with Crippen LogP contribution < -0.4 is 0 Å². The molecule has 1 aromatic heterocycles. The summed E-state index contributed by atoms with van der Waals surface area (Å²) in [6, 6.07) is 7.86. The van der Waals surface area contributed by atoms with E-state index in [0.717, 1.165) is 11.0 Å². The number of benzene rings is 1. The molecule has 0 aliphatic carbocycles. The van der Waals surface area contributed by atoms with Crippen LogP contribution in [0, 0.1) is 0 Å². The van der Waals surface area contributed by atoms with Crippen LogP contribution in [0.2, 0.25) is 0 Å². The fourth-order valence-electron chi connectivity index (χ4n) is 1.59. The van der Waals surface area contributed by atoms with Crippen LogP contribution in [0.15, 0.2) is 28.7 Å². The van der Waals surface area contributed by atoms with Crippen molar-refractivity contribution in [3.05, 3.63) is 35.6 Å². The minimum Gasteiger partial charge on any atom is -0.453 e. The van der Waals surface area contributed by atoms with Gasteiger partial charge in [-0.1, -0.05) is 19.9 Å². The zero-order valence-electron chi connectivity index (χ0n) is 9.20. The van der Waals surface area contributed by atoms with Crippen LogP contribution in [0.1, 0.15) is 42.8 Å². The summed E-state index contributed by atoms with van der Waals surface area (Å²) in [7, 11) is 0. The fourth-order valence-corrected chi connectivity index (χ4v) is 1.59. The van der Waals surface area contributed by atoms with E-state index >= 15 is 0 Å². The molecule has 0 spiro atoms. The van der Waals surface area contributed by atoms with Crippen LogP contribution in [-0.4, -0.2) is 5.78 Å². The summed E-state index contributed by atoms with van der Waals surface area (Å²) in [6.07, 6.45) is 0. The van der Waals surface area contributed by atoms with Gasteiger partial charge in [0.2, 0.25) is 0 Å². The molecule has 15 heavy (non-hydrogen) atoms. The van der Waals surface area contributed by atoms with Gasteiger partial charge < -0.3 is 4.42 Å². The van der Waals surface area contributed by atoms with Crippen molar-refractivity contribution in [1.82, 2.24) is 0 Å². The normalized spacial score (nSPS) is 11.2. The Labute approximate surface area is 88.9 Å². The lowest BCUT2D eigenvalue weighted by Crippen LogP contribution is -1.85. The van der Waals surface area contributed by atoms with Gasteiger partial charge in [0.1, 0.15) is 5.58 Å². The molecule has 0 amide bonds. The number of ketones is 1. The van der Waals surface area contributed by atoms with E-state index in [1.54, 1.807) is 0 Å². The first-order valence-electron chi connectivity index (χ1n) is 5.12. The Morgan fingerprint density at radius 3 is 2.60 bits per heavy atom. The molecule has 2 aromatic rings. The highest BCUT2D eigenvalue weighted by atomic mass is 16.3. The summed E-state index contributed by atoms with van der Waals surface area (Å²) in [6.45, 7) is 5.81. The first-order valence-corrected chi connectivity index (χ1v) is 5.12. The maximum absolute atomic E-state index is 11.1. The van der Waals surface area contributed by atoms with Gasteiger partial charge in [0.05, 0.1) is 0 Å². The molecule has 0 N–H and O–H groups in total. The van der Waals surface area contributed by atoms with E-state index in [1.807, 2.05) is 18.2 Å². The van der Waals surface area contributed by atoms with E-state index < -0.39 is 0 Å². The highest BCUT2D eigenvalue weighted by molar-refractivity contribution is 5.96. The van der Waals surface area contributed by atoms with Crippen LogP contribution >= 0.6 is 0 Å². The lowest BCUT2D eigenvalue weighted by molar-refractivity contribution is 0.0989. The Bertz CT molecular complexity index is 506. The van der Waals surface area contributed by atoms with E-state index in [1.165, 1.54) is 12.5 Å². The smallest absolute Gasteiger partial charge is 0.194 e. The maximum atomic E-state index is 11.1. The molecule has 0 saturated heterocycles. The SMILES string of the molecule is CC(=O)c1cc2cc(C(C)C)ccc2o1. The van der Waals surface area contributed by atoms with Gasteiger partial charge in [0.15, 0.2) is 11.5 Å². The third kappa shape index (κ3) is 1.80. The maximum Gasteiger partial charge on any atom is 0.194 e. The largest absolute Gasteiger partial charge is 0.453 e. The van der Waals surface area contributed by atoms with Gasteiger partial charge in [0, 0.05) is 12.3 Å². The molecule has 0 atom stereocenters. The topological polar surface area (TPSA) is 30.2 Å². The molecule has 0 aliphatic rings. The van der Waals surface area contributed by atoms with Gasteiger partial charge in [-0.2, -0.15) is 0 Å². The molecule has 0 saturated carbocycles. The zero-order chi connectivity index (χ0) is 11.0. The van der Waals surface area contributed by atoms with Crippen molar-refractivity contribution in [2.24, 2.45) is 0 Å². The molecule has 78 valence electrons. The number of rotatable bonds is 2. The Morgan fingerprint density at radius 1 is 1.27 bits per heavy atom. The summed E-state index contributed by atoms with van der Waals surface area (Å²) in [4.78, 5) is 11.1. The number of furan rings is 1. The molecule has 0 aliphatic heterocycles. The molecular weight excluding hydrogens is 188 g/mol. The number of hydrogen-bond acceptors (Lipinski definition) is 2. The average Bonchev–Trinajstić information content (AvgIpc) is 2.59. The van der Waals surface area contributed by atoms with Crippen molar-refractivity contribution >= 4 is 16.8 Å². The highest BCUT2D eigenvalue weighted by Crippen LogP contribution is 2.24. The Morgan fingerprint density at radius 2 is 2.00 bits per heavy atom. The van der Waals surface area contributed by atoms with E-state index in [4.69, 9.17) is 4.42 Å². The van der Waals surface area contributed by atoms with Crippen molar-refractivity contribution < 1.29 is 9.21 Å². The van der Waals surface area contributed by atoms with E-state index in [2.05, 4.69) is 19.9 Å². The number of hydrogen-bond donors (Lipinski definition) is 0. The Hall–Kier alpha value is -1.57. The second-order valence-corrected chi connectivity index (χ2v) is 4.12. The van der Waals surface area contributed by atoms with Gasteiger partial charge >= 0.3 is 0 Å². The summed E-state index contributed by atoms with van der Waals surface area (Å²) >= 11 is 0. The van der Waals surface area contributed by atoms with Crippen LogP contribution in [0.4, 0.5) is 0 Å². The third-order valence-electron chi connectivity index (χ3n) is 2.55. The van der Waals surface area contributed by atoms with Gasteiger partial charge in [-0.15, -0.1) is 0 Å². The number of Topliss-reactive ketones (excluding diaryl/α,β-unsaturated/α-hetero) is 1. The van der Waals surface area contributed by atoms with Crippen molar-refractivity contribution in [3.63, 3.8) is 0 Å². The Balaban J connectivity index is 2.57. The molecule has 0 fully saturated rings. The lowest BCUT2D eigenvalue weighted by atomic mass is 10.0. The second-order valence-electron chi connectivity index (χ2n) is 4.12. The predicted molar refractivity (Wildman–Crippen MR) is 60.3 cm³/mol. The minimum atomic E-state index is -0.0303. The molecule has 2 nitrogen and oxygen atoms in total. The zero-order valence-corrected chi connectivity index (χ0v) is 9.20. The molecule has 0 unspecified atom stereocenters. The highest BCUT2D eigenvalue weighted by Gasteiger charge is 2.08. The average molecular weight is 202 g/mol. The summed E-state index contributed by atoms with van der Waals surface area (Å²) in [5.74, 6) is 0.897. The van der Waals surface area contributed by atoms with Gasteiger partial charge in [-0.05, 0) is 29.7 Å². The third-order valence-corrected chi connectivity index (χ3v) is 2.55. The second kappa shape index (κ2) is 3.54. The van der Waals surface area contributed by atoms with Crippen LogP contribution in [0.5, 0.6) is 0 Å². The standard InChI is InChI=1S/C13H14O2/c1-8(2)10-4-5-12-11(6-10)7-13(15-12)9(3)14/h4-8H,1-3H3. The van der Waals surface area contributed by atoms with E-state index in [0.29, 0.717) is 11.7 Å². The molecule has 0 radical (unpaired) electrons. The molecule has 0 bridgehead atoms. The molecule has 2 heteroatoms. The minimum absolute atomic E-state index is 0.0303. The summed E-state index contributed by atoms with van der Waals surface area (Å²) in [5.41, 5.74) is 2.04. The van der Waals surface area contributed by atoms with E-state index in [9.17, 15) is 4.79 Å². The van der Waals surface area contributed by atoms with Crippen molar-refractivity contribution in [3.8, 4) is 0 Å². The predicted octanol–water partition coefficient (Wildman–Crippen LogP) is 3.76. The van der Waals surface area contributed by atoms with Crippen LogP contribution in [-0.2, 0) is 0 Å². The first-order chi connectivity index (χ1) is 7.08. The van der Waals surface area contributed by atoms with Crippen LogP contribution in [0.3, 0.4) is 0 Å². The van der Waals surface area contributed by atoms with Crippen molar-refractivity contribution in [2.75, 3.05) is 0 Å². The monoisotopic (exact) mass is 202 g/mol. The molecule has 1 aromatic carbocycles. The van der Waals surface area contributed by atoms with Crippen molar-refractivity contribution in [2.45, 2.75) is 26.7 Å². The molecule has 1 heterocycles. The summed E-state index contributed by atoms with van der Waals surface area (Å²) in [5, 5.41) is 1.01. The van der Waals surface area contributed by atoms with Gasteiger partial charge in [-0.3, -0.25) is 4.79 Å². The number of carbonyl (C=O) groups excluding carboxylic acids is 1.